The van der Waals surface area contributed by atoms with Crippen molar-refractivity contribution in [1.29, 1.82) is 0 Å². The van der Waals surface area contributed by atoms with Gasteiger partial charge >= 0.3 is 0 Å². The van der Waals surface area contributed by atoms with Crippen LogP contribution in [0.5, 0.6) is 0 Å². The summed E-state index contributed by atoms with van der Waals surface area (Å²) in [6.45, 7) is 4.35. The van der Waals surface area contributed by atoms with Gasteiger partial charge in [0.25, 0.3) is 0 Å². The van der Waals surface area contributed by atoms with E-state index in [9.17, 15) is 9.90 Å². The molecule has 4 saturated carbocycles. The number of rotatable bonds is 4. The van der Waals surface area contributed by atoms with Crippen LogP contribution in [0.4, 0.5) is 0 Å². The number of aliphatic hydroxyl groups is 1. The number of hydrogen-bond acceptors (Lipinski definition) is 3. The number of benzene rings is 1. The zero-order valence-electron chi connectivity index (χ0n) is 16.6. The Balaban J connectivity index is 1.46. The zero-order chi connectivity index (χ0) is 18.8. The van der Waals surface area contributed by atoms with E-state index >= 15 is 0 Å². The normalized spacial score (nSPS) is 35.7. The summed E-state index contributed by atoms with van der Waals surface area (Å²) in [5, 5.41) is 9.56. The molecule has 3 heteroatoms. The summed E-state index contributed by atoms with van der Waals surface area (Å²) >= 11 is 0. The highest BCUT2D eigenvalue weighted by atomic mass is 16.3. The Labute approximate surface area is 162 Å². The first-order valence-electron chi connectivity index (χ1n) is 10.7. The molecule has 0 saturated heterocycles. The highest BCUT2D eigenvalue weighted by Gasteiger charge is 2.54. The van der Waals surface area contributed by atoms with Crippen LogP contribution in [0.15, 0.2) is 23.2 Å². The van der Waals surface area contributed by atoms with Crippen LogP contribution >= 0.6 is 0 Å². The topological polar surface area (TPSA) is 49.7 Å². The lowest BCUT2D eigenvalue weighted by molar-refractivity contribution is -0.142. The fourth-order valence-electron chi connectivity index (χ4n) is 7.00. The summed E-state index contributed by atoms with van der Waals surface area (Å²) in [4.78, 5) is 18.6. The molecule has 0 aromatic heterocycles. The number of hydrogen-bond donors (Lipinski definition) is 1. The van der Waals surface area contributed by atoms with Crippen molar-refractivity contribution in [3.8, 4) is 0 Å². The number of ketones is 1. The van der Waals surface area contributed by atoms with E-state index in [1.807, 2.05) is 6.07 Å². The number of carbonyl (C=O) groups excluding carboxylic acids is 1. The predicted molar refractivity (Wildman–Crippen MR) is 107 cm³/mol. The molecule has 4 bridgehead atoms. The lowest BCUT2D eigenvalue weighted by Crippen LogP contribution is -2.50. The van der Waals surface area contributed by atoms with Gasteiger partial charge in [-0.1, -0.05) is 12.1 Å². The summed E-state index contributed by atoms with van der Waals surface area (Å²) in [7, 11) is 0. The molecular weight excluding hydrogens is 334 g/mol. The third kappa shape index (κ3) is 2.99. The standard InChI is InChI=1S/C24H31NO2/c1-23(2)13-19-4-3-15(14-26)8-20(19)21(25-23)9-22(27)24-10-16-5-17(11-24)7-18(6-16)12-24/h3-4,8,16-18,26H,5-7,9-14H2,1-2H3. The summed E-state index contributed by atoms with van der Waals surface area (Å²) in [6, 6.07) is 6.17. The van der Waals surface area contributed by atoms with Gasteiger partial charge in [-0.3, -0.25) is 9.79 Å². The first-order chi connectivity index (χ1) is 12.9. The van der Waals surface area contributed by atoms with Crippen molar-refractivity contribution in [2.24, 2.45) is 28.2 Å². The molecule has 0 radical (unpaired) electrons. The minimum Gasteiger partial charge on any atom is -0.392 e. The predicted octanol–water partition coefficient (Wildman–Crippen LogP) is 4.48. The van der Waals surface area contributed by atoms with Gasteiger partial charge in [-0.15, -0.1) is 0 Å². The average molecular weight is 366 g/mol. The monoisotopic (exact) mass is 365 g/mol. The van der Waals surface area contributed by atoms with Crippen LogP contribution in [0.2, 0.25) is 0 Å². The molecule has 0 unspecified atom stereocenters. The van der Waals surface area contributed by atoms with E-state index in [4.69, 9.17) is 4.99 Å². The molecule has 6 rings (SSSR count). The average Bonchev–Trinajstić information content (AvgIpc) is 2.59. The molecule has 0 atom stereocenters. The SMILES string of the molecule is CC1(C)Cc2ccc(CO)cc2C(CC(=O)C23CC4CC(CC(C4)C2)C3)=N1. The smallest absolute Gasteiger partial charge is 0.145 e. The molecule has 3 nitrogen and oxygen atoms in total. The van der Waals surface area contributed by atoms with Crippen LogP contribution in [0, 0.1) is 23.2 Å². The van der Waals surface area contributed by atoms with Crippen LogP contribution in [0.1, 0.15) is 75.5 Å². The molecular formula is C24H31NO2. The van der Waals surface area contributed by atoms with E-state index in [2.05, 4.69) is 26.0 Å². The summed E-state index contributed by atoms with van der Waals surface area (Å²) in [6.07, 6.45) is 8.82. The van der Waals surface area contributed by atoms with Gasteiger partial charge in [0.1, 0.15) is 5.78 Å². The van der Waals surface area contributed by atoms with Gasteiger partial charge in [-0.05, 0) is 99.3 Å². The van der Waals surface area contributed by atoms with Gasteiger partial charge in [0.05, 0.1) is 17.9 Å². The number of carbonyl (C=O) groups is 1. The Morgan fingerprint density at radius 3 is 2.33 bits per heavy atom. The zero-order valence-corrected chi connectivity index (χ0v) is 16.6. The second-order valence-corrected chi connectivity index (χ2v) is 10.5. The maximum Gasteiger partial charge on any atom is 0.145 e. The molecule has 144 valence electrons. The number of fused-ring (bicyclic) bond motifs is 1. The van der Waals surface area contributed by atoms with E-state index in [1.54, 1.807) is 0 Å². The van der Waals surface area contributed by atoms with Crippen LogP contribution in [0.25, 0.3) is 0 Å². The third-order valence-corrected chi connectivity index (χ3v) is 7.69. The molecule has 4 fully saturated rings. The van der Waals surface area contributed by atoms with Crippen molar-refractivity contribution in [3.05, 3.63) is 34.9 Å². The highest BCUT2D eigenvalue weighted by molar-refractivity contribution is 6.13. The van der Waals surface area contributed by atoms with Gasteiger partial charge in [0, 0.05) is 11.8 Å². The molecule has 0 spiro atoms. The fraction of sp³-hybridized carbons (Fsp3) is 0.667. The van der Waals surface area contributed by atoms with Crippen molar-refractivity contribution < 1.29 is 9.90 Å². The lowest BCUT2D eigenvalue weighted by atomic mass is 9.48. The van der Waals surface area contributed by atoms with E-state index in [0.717, 1.165) is 60.3 Å². The van der Waals surface area contributed by atoms with Gasteiger partial charge in [-0.2, -0.15) is 0 Å². The number of aliphatic hydroxyl groups excluding tert-OH is 1. The van der Waals surface area contributed by atoms with Gasteiger partial charge < -0.3 is 5.11 Å². The Kier molecular flexibility index (Phi) is 3.92. The molecule has 4 aliphatic carbocycles. The second-order valence-electron chi connectivity index (χ2n) is 10.5. The Morgan fingerprint density at radius 2 is 1.74 bits per heavy atom. The second kappa shape index (κ2) is 6.01. The van der Waals surface area contributed by atoms with Crippen molar-refractivity contribution in [3.63, 3.8) is 0 Å². The molecule has 1 aromatic rings. The number of aliphatic imine (C=N–C) groups is 1. The lowest BCUT2D eigenvalue weighted by Gasteiger charge is -2.56. The van der Waals surface area contributed by atoms with Crippen LogP contribution in [-0.2, 0) is 17.8 Å². The number of Topliss-reactive ketones (excluding diaryl/α,β-unsaturated/α-hetero) is 1. The summed E-state index contributed by atoms with van der Waals surface area (Å²) in [5.41, 5.74) is 4.00. The van der Waals surface area contributed by atoms with Crippen molar-refractivity contribution >= 4 is 11.5 Å². The van der Waals surface area contributed by atoms with Crippen molar-refractivity contribution in [1.82, 2.24) is 0 Å². The van der Waals surface area contributed by atoms with Crippen molar-refractivity contribution in [2.45, 2.75) is 77.4 Å². The van der Waals surface area contributed by atoms with Crippen LogP contribution in [-0.4, -0.2) is 22.1 Å². The maximum atomic E-state index is 13.6. The maximum absolute atomic E-state index is 13.6. The van der Waals surface area contributed by atoms with Gasteiger partial charge in [0.2, 0.25) is 0 Å². The van der Waals surface area contributed by atoms with Crippen LogP contribution in [0.3, 0.4) is 0 Å². The molecule has 1 aliphatic heterocycles. The van der Waals surface area contributed by atoms with Gasteiger partial charge in [0.15, 0.2) is 0 Å². The fourth-order valence-corrected chi connectivity index (χ4v) is 7.00. The van der Waals surface area contributed by atoms with E-state index < -0.39 is 0 Å². The van der Waals surface area contributed by atoms with E-state index in [1.165, 1.54) is 24.8 Å². The Morgan fingerprint density at radius 1 is 1.11 bits per heavy atom. The molecule has 0 amide bonds. The Hall–Kier alpha value is -1.48. The molecule has 5 aliphatic rings. The minimum absolute atomic E-state index is 0.0346. The first kappa shape index (κ1) is 17.6. The Bertz CT molecular complexity index is 784. The van der Waals surface area contributed by atoms with E-state index in [0.29, 0.717) is 12.2 Å². The number of nitrogens with zero attached hydrogens (tertiary/aromatic N) is 1. The van der Waals surface area contributed by atoms with E-state index in [-0.39, 0.29) is 17.6 Å². The first-order valence-corrected chi connectivity index (χ1v) is 10.7. The minimum atomic E-state index is -0.162. The third-order valence-electron chi connectivity index (χ3n) is 7.69. The molecule has 1 aromatic carbocycles. The molecule has 27 heavy (non-hydrogen) atoms. The largest absolute Gasteiger partial charge is 0.392 e. The van der Waals surface area contributed by atoms with Gasteiger partial charge in [-0.25, -0.2) is 0 Å². The quantitative estimate of drug-likeness (QED) is 0.855. The highest BCUT2D eigenvalue weighted by Crippen LogP contribution is 2.60. The van der Waals surface area contributed by atoms with Crippen LogP contribution < -0.4 is 0 Å². The molecule has 1 N–H and O–H groups in total. The summed E-state index contributed by atoms with van der Waals surface area (Å²) in [5.74, 6) is 2.81. The summed E-state index contributed by atoms with van der Waals surface area (Å²) < 4.78 is 0. The molecule has 1 heterocycles. The van der Waals surface area contributed by atoms with Crippen molar-refractivity contribution in [2.75, 3.05) is 0 Å².